The van der Waals surface area contributed by atoms with E-state index >= 15 is 0 Å². The summed E-state index contributed by atoms with van der Waals surface area (Å²) in [7, 11) is 0. The summed E-state index contributed by atoms with van der Waals surface area (Å²) in [5.74, 6) is 0.844. The van der Waals surface area contributed by atoms with E-state index in [0.29, 0.717) is 6.61 Å². The number of rotatable bonds is 4. The van der Waals surface area contributed by atoms with Gasteiger partial charge < -0.3 is 10.5 Å². The van der Waals surface area contributed by atoms with Gasteiger partial charge in [-0.15, -0.1) is 11.3 Å². The van der Waals surface area contributed by atoms with E-state index in [9.17, 15) is 0 Å². The van der Waals surface area contributed by atoms with Gasteiger partial charge >= 0.3 is 0 Å². The number of thiophene rings is 1. The van der Waals surface area contributed by atoms with Crippen molar-refractivity contribution < 1.29 is 4.74 Å². The smallest absolute Gasteiger partial charge is 0.119 e. The van der Waals surface area contributed by atoms with Gasteiger partial charge in [0.1, 0.15) is 12.4 Å². The first-order valence-electron chi connectivity index (χ1n) is 5.35. The second-order valence-electron chi connectivity index (χ2n) is 3.82. The summed E-state index contributed by atoms with van der Waals surface area (Å²) in [4.78, 5) is 2.44. The third-order valence-corrected chi connectivity index (χ3v) is 4.03. The van der Waals surface area contributed by atoms with E-state index in [0.717, 1.165) is 10.2 Å². The molecule has 0 radical (unpaired) electrons. The maximum absolute atomic E-state index is 6.06. The zero-order valence-electron chi connectivity index (χ0n) is 9.52. The number of hydrogen-bond donors (Lipinski definition) is 1. The van der Waals surface area contributed by atoms with Crippen LogP contribution in [-0.2, 0) is 0 Å². The Hall–Kier alpha value is -0.840. The lowest BCUT2D eigenvalue weighted by Crippen LogP contribution is -2.17. The third-order valence-electron chi connectivity index (χ3n) is 2.37. The molecular formula is C13H14BrNOS. The summed E-state index contributed by atoms with van der Waals surface area (Å²) >= 11 is 5.11. The molecule has 2 rings (SSSR count). The lowest BCUT2D eigenvalue weighted by molar-refractivity contribution is 0.292. The topological polar surface area (TPSA) is 35.2 Å². The lowest BCUT2D eigenvalue weighted by atomic mass is 10.2. The fraction of sp³-hybridized carbons (Fsp3) is 0.231. The quantitative estimate of drug-likeness (QED) is 0.929. The summed E-state index contributed by atoms with van der Waals surface area (Å²) in [6.07, 6.45) is 0. The highest BCUT2D eigenvalue weighted by Gasteiger charge is 2.08. The standard InChI is InChI=1S/C13H14BrNOS/c1-9-2-7-13(17-9)12(15)8-16-11-5-3-10(14)4-6-11/h2-7,12H,8,15H2,1H3. The number of ether oxygens (including phenoxy) is 1. The van der Waals surface area contributed by atoms with Crippen LogP contribution in [0.1, 0.15) is 15.8 Å². The van der Waals surface area contributed by atoms with Gasteiger partial charge in [0.05, 0.1) is 6.04 Å². The Kier molecular flexibility index (Phi) is 4.20. The fourth-order valence-electron chi connectivity index (χ4n) is 1.45. The maximum Gasteiger partial charge on any atom is 0.119 e. The second kappa shape index (κ2) is 5.67. The van der Waals surface area contributed by atoms with Crippen LogP contribution in [0.5, 0.6) is 5.75 Å². The Labute approximate surface area is 114 Å². The largest absolute Gasteiger partial charge is 0.492 e. The highest BCUT2D eigenvalue weighted by atomic mass is 79.9. The van der Waals surface area contributed by atoms with E-state index in [1.807, 2.05) is 24.3 Å². The zero-order chi connectivity index (χ0) is 12.3. The first-order valence-corrected chi connectivity index (χ1v) is 6.96. The average Bonchev–Trinajstić information content (AvgIpc) is 2.75. The van der Waals surface area contributed by atoms with Crippen LogP contribution in [0.3, 0.4) is 0 Å². The Morgan fingerprint density at radius 2 is 1.94 bits per heavy atom. The molecule has 1 unspecified atom stereocenters. The predicted molar refractivity (Wildman–Crippen MR) is 75.6 cm³/mol. The van der Waals surface area contributed by atoms with Gasteiger partial charge in [0.25, 0.3) is 0 Å². The number of nitrogens with two attached hydrogens (primary N) is 1. The number of halogens is 1. The summed E-state index contributed by atoms with van der Waals surface area (Å²) in [5, 5.41) is 0. The SMILES string of the molecule is Cc1ccc(C(N)COc2ccc(Br)cc2)s1. The van der Waals surface area contributed by atoms with Gasteiger partial charge in [-0.3, -0.25) is 0 Å². The Morgan fingerprint density at radius 3 is 2.53 bits per heavy atom. The molecule has 2 aromatic rings. The average molecular weight is 312 g/mol. The molecule has 0 aliphatic heterocycles. The molecule has 1 aromatic carbocycles. The van der Waals surface area contributed by atoms with Crippen molar-refractivity contribution in [3.05, 3.63) is 50.6 Å². The molecule has 1 aromatic heterocycles. The number of hydrogen-bond acceptors (Lipinski definition) is 3. The van der Waals surface area contributed by atoms with Crippen LogP contribution in [0.15, 0.2) is 40.9 Å². The normalized spacial score (nSPS) is 12.4. The van der Waals surface area contributed by atoms with Gasteiger partial charge in [0.15, 0.2) is 0 Å². The van der Waals surface area contributed by atoms with Crippen molar-refractivity contribution in [2.45, 2.75) is 13.0 Å². The third kappa shape index (κ3) is 3.56. The second-order valence-corrected chi connectivity index (χ2v) is 6.05. The van der Waals surface area contributed by atoms with Crippen molar-refractivity contribution in [2.75, 3.05) is 6.61 Å². The lowest BCUT2D eigenvalue weighted by Gasteiger charge is -2.11. The van der Waals surface area contributed by atoms with Gasteiger partial charge in [0.2, 0.25) is 0 Å². The molecule has 0 saturated heterocycles. The molecule has 0 aliphatic carbocycles. The van der Waals surface area contributed by atoms with Crippen LogP contribution >= 0.6 is 27.3 Å². The van der Waals surface area contributed by atoms with Crippen LogP contribution in [0.2, 0.25) is 0 Å². The van der Waals surface area contributed by atoms with E-state index in [-0.39, 0.29) is 6.04 Å². The van der Waals surface area contributed by atoms with Crippen LogP contribution < -0.4 is 10.5 Å². The molecule has 0 aliphatic rings. The van der Waals surface area contributed by atoms with E-state index in [2.05, 4.69) is 35.0 Å². The Balaban J connectivity index is 1.92. The molecule has 0 bridgehead atoms. The van der Waals surface area contributed by atoms with Gasteiger partial charge in [-0.1, -0.05) is 15.9 Å². The van der Waals surface area contributed by atoms with Gasteiger partial charge in [-0.2, -0.15) is 0 Å². The van der Waals surface area contributed by atoms with Crippen molar-refractivity contribution in [2.24, 2.45) is 5.73 Å². The molecule has 0 spiro atoms. The molecule has 0 fully saturated rings. The molecule has 0 amide bonds. The van der Waals surface area contributed by atoms with Gasteiger partial charge in [0, 0.05) is 14.2 Å². The summed E-state index contributed by atoms with van der Waals surface area (Å²) in [6.45, 7) is 2.58. The number of benzene rings is 1. The Morgan fingerprint density at radius 1 is 1.24 bits per heavy atom. The first-order chi connectivity index (χ1) is 8.15. The molecule has 0 saturated carbocycles. The van der Waals surface area contributed by atoms with E-state index in [1.54, 1.807) is 11.3 Å². The maximum atomic E-state index is 6.06. The monoisotopic (exact) mass is 311 g/mol. The van der Waals surface area contributed by atoms with E-state index in [4.69, 9.17) is 10.5 Å². The summed E-state index contributed by atoms with van der Waals surface area (Å²) in [5.41, 5.74) is 6.06. The molecule has 2 nitrogen and oxygen atoms in total. The first kappa shape index (κ1) is 12.6. The number of aryl methyl sites for hydroxylation is 1. The molecule has 4 heteroatoms. The highest BCUT2D eigenvalue weighted by Crippen LogP contribution is 2.22. The Bertz CT molecular complexity index is 480. The van der Waals surface area contributed by atoms with Crippen molar-refractivity contribution >= 4 is 27.3 Å². The van der Waals surface area contributed by atoms with Gasteiger partial charge in [-0.25, -0.2) is 0 Å². The molecule has 1 atom stereocenters. The van der Waals surface area contributed by atoms with Crippen molar-refractivity contribution in [3.8, 4) is 5.75 Å². The minimum atomic E-state index is -0.0580. The molecular weight excluding hydrogens is 298 g/mol. The summed E-state index contributed by atoms with van der Waals surface area (Å²) < 4.78 is 6.69. The van der Waals surface area contributed by atoms with Crippen molar-refractivity contribution in [3.63, 3.8) is 0 Å². The molecule has 1 heterocycles. The minimum absolute atomic E-state index is 0.0580. The van der Waals surface area contributed by atoms with E-state index in [1.165, 1.54) is 9.75 Å². The van der Waals surface area contributed by atoms with Crippen LogP contribution in [0.4, 0.5) is 0 Å². The van der Waals surface area contributed by atoms with Crippen LogP contribution in [-0.4, -0.2) is 6.61 Å². The minimum Gasteiger partial charge on any atom is -0.492 e. The van der Waals surface area contributed by atoms with Crippen molar-refractivity contribution in [1.29, 1.82) is 0 Å². The highest BCUT2D eigenvalue weighted by molar-refractivity contribution is 9.10. The molecule has 2 N–H and O–H groups in total. The van der Waals surface area contributed by atoms with E-state index < -0.39 is 0 Å². The molecule has 90 valence electrons. The molecule has 17 heavy (non-hydrogen) atoms. The zero-order valence-corrected chi connectivity index (χ0v) is 11.9. The van der Waals surface area contributed by atoms with Crippen molar-refractivity contribution in [1.82, 2.24) is 0 Å². The van der Waals surface area contributed by atoms with Gasteiger partial charge in [-0.05, 0) is 43.3 Å². The van der Waals surface area contributed by atoms with Crippen LogP contribution in [0.25, 0.3) is 0 Å². The van der Waals surface area contributed by atoms with Crippen LogP contribution in [0, 0.1) is 6.92 Å². The fourth-order valence-corrected chi connectivity index (χ4v) is 2.58. The summed E-state index contributed by atoms with van der Waals surface area (Å²) in [6, 6.07) is 11.9. The predicted octanol–water partition coefficient (Wildman–Crippen LogP) is 3.90.